The largest absolute Gasteiger partial charge is 0.478 e. The Kier molecular flexibility index (Phi) is 15.4. The third kappa shape index (κ3) is 11.1. The average molecular weight is 494 g/mol. The molecule has 0 aromatic heterocycles. The number of ether oxygens (including phenoxy) is 1. The molecule has 0 aliphatic heterocycles. The Morgan fingerprint density at radius 1 is 0.903 bits per heavy atom. The Balaban J connectivity index is 2.31. The van der Waals surface area contributed by atoms with Crippen LogP contribution < -0.4 is 16.0 Å². The van der Waals surface area contributed by atoms with Crippen LogP contribution in [0.5, 0.6) is 5.75 Å². The molecule has 1 atom stereocenters. The highest BCUT2D eigenvalue weighted by Gasteiger charge is 2.21. The zero-order valence-electron chi connectivity index (χ0n) is 19.1. The smallest absolute Gasteiger partial charge is 0.274 e. The zero-order chi connectivity index (χ0) is 23.1. The van der Waals surface area contributed by atoms with Crippen molar-refractivity contribution in [2.24, 2.45) is 5.84 Å². The summed E-state index contributed by atoms with van der Waals surface area (Å²) >= 11 is 19.1. The summed E-state index contributed by atoms with van der Waals surface area (Å²) in [6.07, 6.45) is 16.9. The molecule has 0 fully saturated rings. The van der Waals surface area contributed by atoms with Gasteiger partial charge in [0.25, 0.3) is 5.91 Å². The molecule has 0 bridgehead atoms. The first-order chi connectivity index (χ1) is 14.9. The third-order valence-electron chi connectivity index (χ3n) is 5.56. The SMILES string of the molecule is CCCCCCCCCCCCCCCc1c(Cl)cc(Cl)c(OC(C)C(=O)NN)c1Cl. The van der Waals surface area contributed by atoms with Crippen molar-refractivity contribution < 1.29 is 9.53 Å². The van der Waals surface area contributed by atoms with Crippen LogP contribution in [0.4, 0.5) is 0 Å². The van der Waals surface area contributed by atoms with Crippen LogP contribution in [0.1, 0.15) is 103 Å². The molecule has 1 aromatic rings. The molecule has 0 saturated carbocycles. The number of hydrogen-bond acceptors (Lipinski definition) is 3. The van der Waals surface area contributed by atoms with Gasteiger partial charge < -0.3 is 4.74 Å². The van der Waals surface area contributed by atoms with Gasteiger partial charge in [0.15, 0.2) is 11.9 Å². The number of halogens is 3. The van der Waals surface area contributed by atoms with Gasteiger partial charge in [-0.05, 0) is 31.4 Å². The topological polar surface area (TPSA) is 64.3 Å². The Labute approximate surface area is 203 Å². The molecule has 1 rings (SSSR count). The molecule has 0 heterocycles. The molecule has 0 spiro atoms. The molecule has 178 valence electrons. The summed E-state index contributed by atoms with van der Waals surface area (Å²) < 4.78 is 5.63. The molecular weight excluding hydrogens is 455 g/mol. The second kappa shape index (κ2) is 16.9. The Hall–Kier alpha value is -0.680. The number of unbranched alkanes of at least 4 members (excludes halogenated alkanes) is 12. The molecule has 7 heteroatoms. The third-order valence-corrected chi connectivity index (χ3v) is 6.58. The predicted molar refractivity (Wildman–Crippen MR) is 133 cm³/mol. The van der Waals surface area contributed by atoms with Crippen molar-refractivity contribution in [2.45, 2.75) is 110 Å². The van der Waals surface area contributed by atoms with Crippen molar-refractivity contribution in [3.8, 4) is 5.75 Å². The first-order valence-corrected chi connectivity index (χ1v) is 12.9. The summed E-state index contributed by atoms with van der Waals surface area (Å²) in [5, 5.41) is 1.17. The molecule has 0 aliphatic carbocycles. The van der Waals surface area contributed by atoms with Crippen molar-refractivity contribution in [2.75, 3.05) is 0 Å². The number of carbonyl (C=O) groups excluding carboxylic acids is 1. The Morgan fingerprint density at radius 3 is 1.87 bits per heavy atom. The van der Waals surface area contributed by atoms with Crippen LogP contribution in [-0.4, -0.2) is 12.0 Å². The van der Waals surface area contributed by atoms with E-state index < -0.39 is 12.0 Å². The van der Waals surface area contributed by atoms with E-state index in [4.69, 9.17) is 45.4 Å². The molecule has 1 amide bonds. The molecule has 3 N–H and O–H groups in total. The summed E-state index contributed by atoms with van der Waals surface area (Å²) in [7, 11) is 0. The fourth-order valence-electron chi connectivity index (χ4n) is 3.62. The van der Waals surface area contributed by atoms with E-state index in [0.29, 0.717) is 10.0 Å². The number of amides is 1. The van der Waals surface area contributed by atoms with Crippen molar-refractivity contribution in [1.82, 2.24) is 5.43 Å². The molecule has 0 aliphatic rings. The minimum absolute atomic E-state index is 0.272. The van der Waals surface area contributed by atoms with E-state index >= 15 is 0 Å². The Morgan fingerprint density at radius 2 is 1.39 bits per heavy atom. The molecule has 1 unspecified atom stereocenters. The van der Waals surface area contributed by atoms with Gasteiger partial charge in [-0.2, -0.15) is 0 Å². The van der Waals surface area contributed by atoms with Crippen molar-refractivity contribution >= 4 is 40.7 Å². The number of benzene rings is 1. The number of carbonyl (C=O) groups is 1. The number of nitrogens with one attached hydrogen (secondary N) is 1. The highest BCUT2D eigenvalue weighted by Crippen LogP contribution is 2.41. The monoisotopic (exact) mass is 492 g/mol. The van der Waals surface area contributed by atoms with E-state index in [1.54, 1.807) is 13.0 Å². The number of rotatable bonds is 17. The first-order valence-electron chi connectivity index (χ1n) is 11.8. The van der Waals surface area contributed by atoms with Crippen LogP contribution in [0.25, 0.3) is 0 Å². The van der Waals surface area contributed by atoms with E-state index in [9.17, 15) is 4.79 Å². The lowest BCUT2D eigenvalue weighted by molar-refractivity contribution is -0.127. The van der Waals surface area contributed by atoms with Gasteiger partial charge in [-0.25, -0.2) is 5.84 Å². The summed E-state index contributed by atoms with van der Waals surface area (Å²) in [5.74, 6) is 4.97. The number of hydrazine groups is 1. The Bertz CT molecular complexity index is 656. The molecule has 4 nitrogen and oxygen atoms in total. The van der Waals surface area contributed by atoms with Crippen molar-refractivity contribution in [1.29, 1.82) is 0 Å². The average Bonchev–Trinajstić information content (AvgIpc) is 2.75. The standard InChI is InChI=1S/C24H39Cl3N2O2/c1-3-4-5-6-7-8-9-10-11-12-13-14-15-16-19-20(25)17-21(26)23(22(19)27)31-18(2)24(30)29-28/h17-18H,3-16,28H2,1-2H3,(H,29,30). The first kappa shape index (κ1) is 28.4. The van der Waals surface area contributed by atoms with Gasteiger partial charge in [0.05, 0.1) is 10.0 Å². The van der Waals surface area contributed by atoms with Gasteiger partial charge in [-0.15, -0.1) is 0 Å². The second-order valence-electron chi connectivity index (χ2n) is 8.22. The van der Waals surface area contributed by atoms with Crippen molar-refractivity contribution in [3.63, 3.8) is 0 Å². The highest BCUT2D eigenvalue weighted by molar-refractivity contribution is 6.41. The molecule has 0 saturated heterocycles. The van der Waals surface area contributed by atoms with Gasteiger partial charge in [-0.1, -0.05) is 119 Å². The van der Waals surface area contributed by atoms with E-state index in [0.717, 1.165) is 24.8 Å². The lowest BCUT2D eigenvalue weighted by Gasteiger charge is -2.18. The maximum absolute atomic E-state index is 11.6. The van der Waals surface area contributed by atoms with Crippen LogP contribution in [0, 0.1) is 0 Å². The fourth-order valence-corrected chi connectivity index (χ4v) is 4.66. The van der Waals surface area contributed by atoms with Gasteiger partial charge in [-0.3, -0.25) is 10.2 Å². The zero-order valence-corrected chi connectivity index (χ0v) is 21.3. The molecule has 1 aromatic carbocycles. The molecule has 31 heavy (non-hydrogen) atoms. The minimum Gasteiger partial charge on any atom is -0.478 e. The second-order valence-corrected chi connectivity index (χ2v) is 9.42. The maximum atomic E-state index is 11.6. The van der Waals surface area contributed by atoms with Gasteiger partial charge >= 0.3 is 0 Å². The predicted octanol–water partition coefficient (Wildman–Crippen LogP) is 8.04. The number of nitrogens with two attached hydrogens (primary N) is 1. The van der Waals surface area contributed by atoms with Crippen molar-refractivity contribution in [3.05, 3.63) is 26.7 Å². The molecular formula is C24H39Cl3N2O2. The summed E-state index contributed by atoms with van der Waals surface area (Å²) in [6.45, 7) is 3.84. The fraction of sp³-hybridized carbons (Fsp3) is 0.708. The van der Waals surface area contributed by atoms with Crippen LogP contribution in [0.3, 0.4) is 0 Å². The molecule has 0 radical (unpaired) electrons. The highest BCUT2D eigenvalue weighted by atomic mass is 35.5. The van der Waals surface area contributed by atoms with E-state index in [1.807, 2.05) is 0 Å². The lowest BCUT2D eigenvalue weighted by atomic mass is 10.0. The van der Waals surface area contributed by atoms with E-state index in [1.165, 1.54) is 70.6 Å². The van der Waals surface area contributed by atoms with Gasteiger partial charge in [0.1, 0.15) is 0 Å². The van der Waals surface area contributed by atoms with Crippen LogP contribution >= 0.6 is 34.8 Å². The van der Waals surface area contributed by atoms with Crippen LogP contribution in [0.15, 0.2) is 6.07 Å². The number of hydrogen-bond donors (Lipinski definition) is 2. The minimum atomic E-state index is -0.814. The summed E-state index contributed by atoms with van der Waals surface area (Å²) in [5.41, 5.74) is 2.86. The van der Waals surface area contributed by atoms with E-state index in [2.05, 4.69) is 12.3 Å². The van der Waals surface area contributed by atoms with Crippen LogP contribution in [0.2, 0.25) is 15.1 Å². The van der Waals surface area contributed by atoms with Gasteiger partial charge in [0.2, 0.25) is 0 Å². The van der Waals surface area contributed by atoms with Gasteiger partial charge in [0, 0.05) is 5.02 Å². The quantitative estimate of drug-likeness (QED) is 0.0998. The summed E-state index contributed by atoms with van der Waals surface area (Å²) in [4.78, 5) is 11.6. The normalized spacial score (nSPS) is 12.1. The lowest BCUT2D eigenvalue weighted by Crippen LogP contribution is -2.40. The van der Waals surface area contributed by atoms with Crippen LogP contribution in [-0.2, 0) is 11.2 Å². The van der Waals surface area contributed by atoms with E-state index in [-0.39, 0.29) is 10.8 Å². The maximum Gasteiger partial charge on any atom is 0.274 e. The summed E-state index contributed by atoms with van der Waals surface area (Å²) in [6, 6.07) is 1.62.